The summed E-state index contributed by atoms with van der Waals surface area (Å²) < 4.78 is 11.1. The van der Waals surface area contributed by atoms with Crippen molar-refractivity contribution in [2.75, 3.05) is 13.1 Å². The highest BCUT2D eigenvalue weighted by Crippen LogP contribution is 2.25. The lowest BCUT2D eigenvalue weighted by Gasteiger charge is -2.17. The summed E-state index contributed by atoms with van der Waals surface area (Å²) in [4.78, 5) is 24.2. The van der Waals surface area contributed by atoms with Crippen molar-refractivity contribution >= 4 is 35.0 Å². The van der Waals surface area contributed by atoms with Gasteiger partial charge in [-0.05, 0) is 38.1 Å². The number of benzene rings is 2. The molecule has 28 heavy (non-hydrogen) atoms. The van der Waals surface area contributed by atoms with Crippen molar-refractivity contribution in [3.8, 4) is 11.5 Å². The zero-order chi connectivity index (χ0) is 20.5. The van der Waals surface area contributed by atoms with Crippen LogP contribution in [0.3, 0.4) is 0 Å². The molecule has 0 fully saturated rings. The van der Waals surface area contributed by atoms with Crippen LogP contribution < -0.4 is 20.1 Å². The molecule has 2 amide bonds. The molecule has 0 heterocycles. The number of hydrogen-bond acceptors (Lipinski definition) is 4. The van der Waals surface area contributed by atoms with E-state index in [0.29, 0.717) is 21.5 Å². The lowest BCUT2D eigenvalue weighted by molar-refractivity contribution is -0.129. The number of rotatable bonds is 9. The van der Waals surface area contributed by atoms with E-state index in [4.69, 9.17) is 32.7 Å². The SMILES string of the molecule is CC(Oc1ccccc1Cl)C(=O)NCCNC(=O)C(C)Oc1ccccc1Cl. The standard InChI is InChI=1S/C20H22Cl2N2O4/c1-13(27-17-9-5-3-7-15(17)21)19(25)23-11-12-24-20(26)14(2)28-18-10-6-4-8-16(18)22/h3-10,13-14H,11-12H2,1-2H3,(H,23,25)(H,24,26). The molecule has 0 aliphatic heterocycles. The molecule has 0 bridgehead atoms. The van der Waals surface area contributed by atoms with Crippen molar-refractivity contribution in [2.24, 2.45) is 0 Å². The summed E-state index contributed by atoms with van der Waals surface area (Å²) in [6.45, 7) is 3.74. The van der Waals surface area contributed by atoms with Gasteiger partial charge in [0.05, 0.1) is 10.0 Å². The molecule has 2 unspecified atom stereocenters. The van der Waals surface area contributed by atoms with Crippen LogP contribution in [0.1, 0.15) is 13.8 Å². The second kappa shape index (κ2) is 10.8. The first kappa shape index (κ1) is 21.9. The summed E-state index contributed by atoms with van der Waals surface area (Å²) in [6, 6.07) is 13.8. The van der Waals surface area contributed by atoms with Crippen LogP contribution in [0.5, 0.6) is 11.5 Å². The molecule has 0 aromatic heterocycles. The quantitative estimate of drug-likeness (QED) is 0.604. The van der Waals surface area contributed by atoms with E-state index in [0.717, 1.165) is 0 Å². The molecule has 0 saturated heterocycles. The predicted octanol–water partition coefficient (Wildman–Crippen LogP) is 3.46. The van der Waals surface area contributed by atoms with Gasteiger partial charge < -0.3 is 20.1 Å². The Labute approximate surface area is 174 Å². The Morgan fingerprint density at radius 3 is 1.50 bits per heavy atom. The van der Waals surface area contributed by atoms with Gasteiger partial charge in [-0.15, -0.1) is 0 Å². The molecule has 0 spiro atoms. The number of ether oxygens (including phenoxy) is 2. The average Bonchev–Trinajstić information content (AvgIpc) is 2.68. The highest BCUT2D eigenvalue weighted by molar-refractivity contribution is 6.32. The van der Waals surface area contributed by atoms with Gasteiger partial charge in [-0.1, -0.05) is 47.5 Å². The molecular formula is C20H22Cl2N2O4. The third kappa shape index (κ3) is 6.62. The van der Waals surface area contributed by atoms with Crippen LogP contribution in [0, 0.1) is 0 Å². The van der Waals surface area contributed by atoms with Gasteiger partial charge in [-0.3, -0.25) is 9.59 Å². The van der Waals surface area contributed by atoms with Crippen LogP contribution in [0.2, 0.25) is 10.0 Å². The maximum atomic E-state index is 12.1. The van der Waals surface area contributed by atoms with E-state index in [2.05, 4.69) is 10.6 Å². The first-order chi connectivity index (χ1) is 13.4. The first-order valence-electron chi connectivity index (χ1n) is 8.76. The van der Waals surface area contributed by atoms with E-state index >= 15 is 0 Å². The largest absolute Gasteiger partial charge is 0.479 e. The molecular weight excluding hydrogens is 403 g/mol. The van der Waals surface area contributed by atoms with Crippen molar-refractivity contribution in [3.63, 3.8) is 0 Å². The number of carbonyl (C=O) groups excluding carboxylic acids is 2. The van der Waals surface area contributed by atoms with Gasteiger partial charge in [-0.25, -0.2) is 0 Å². The summed E-state index contributed by atoms with van der Waals surface area (Å²) in [6.07, 6.45) is -1.45. The van der Waals surface area contributed by atoms with Gasteiger partial charge in [0.2, 0.25) is 0 Å². The summed E-state index contributed by atoms with van der Waals surface area (Å²) >= 11 is 12.0. The van der Waals surface area contributed by atoms with E-state index in [1.807, 2.05) is 0 Å². The van der Waals surface area contributed by atoms with Crippen LogP contribution in [0.25, 0.3) is 0 Å². The smallest absolute Gasteiger partial charge is 0.260 e. The Hall–Kier alpha value is -2.44. The summed E-state index contributed by atoms with van der Waals surface area (Å²) in [5.41, 5.74) is 0. The molecule has 2 aromatic carbocycles. The fourth-order valence-electron chi connectivity index (χ4n) is 2.23. The summed E-state index contributed by atoms with van der Waals surface area (Å²) in [5.74, 6) is 0.250. The Bertz CT molecular complexity index is 749. The van der Waals surface area contributed by atoms with Gasteiger partial charge in [0.25, 0.3) is 11.8 Å². The highest BCUT2D eigenvalue weighted by atomic mass is 35.5. The highest BCUT2D eigenvalue weighted by Gasteiger charge is 2.17. The van der Waals surface area contributed by atoms with Crippen LogP contribution in [-0.2, 0) is 9.59 Å². The van der Waals surface area contributed by atoms with Crippen LogP contribution >= 0.6 is 23.2 Å². The molecule has 0 aliphatic rings. The molecule has 0 aliphatic carbocycles. The Morgan fingerprint density at radius 1 is 0.786 bits per heavy atom. The van der Waals surface area contributed by atoms with Gasteiger partial charge in [0.15, 0.2) is 12.2 Å². The van der Waals surface area contributed by atoms with Crippen molar-refractivity contribution < 1.29 is 19.1 Å². The molecule has 6 nitrogen and oxygen atoms in total. The normalized spacial score (nSPS) is 12.6. The molecule has 2 rings (SSSR count). The number of para-hydroxylation sites is 2. The van der Waals surface area contributed by atoms with E-state index < -0.39 is 12.2 Å². The van der Waals surface area contributed by atoms with Crippen LogP contribution in [0.15, 0.2) is 48.5 Å². The van der Waals surface area contributed by atoms with Crippen molar-refractivity contribution in [1.82, 2.24) is 10.6 Å². The Morgan fingerprint density at radius 2 is 1.14 bits per heavy atom. The molecule has 8 heteroatoms. The van der Waals surface area contributed by atoms with Gasteiger partial charge in [0.1, 0.15) is 11.5 Å². The fraction of sp³-hybridized carbons (Fsp3) is 0.300. The zero-order valence-electron chi connectivity index (χ0n) is 15.6. The van der Waals surface area contributed by atoms with Gasteiger partial charge in [0, 0.05) is 13.1 Å². The maximum absolute atomic E-state index is 12.1. The molecule has 2 aromatic rings. The van der Waals surface area contributed by atoms with Gasteiger partial charge >= 0.3 is 0 Å². The fourth-order valence-corrected chi connectivity index (χ4v) is 2.59. The first-order valence-corrected chi connectivity index (χ1v) is 9.52. The van der Waals surface area contributed by atoms with Crippen molar-refractivity contribution in [2.45, 2.75) is 26.1 Å². The lowest BCUT2D eigenvalue weighted by atomic mass is 10.3. The van der Waals surface area contributed by atoms with E-state index in [-0.39, 0.29) is 24.9 Å². The Kier molecular flexibility index (Phi) is 8.42. The monoisotopic (exact) mass is 424 g/mol. The third-order valence-corrected chi connectivity index (χ3v) is 4.37. The van der Waals surface area contributed by atoms with Crippen molar-refractivity contribution in [3.05, 3.63) is 58.6 Å². The number of nitrogens with one attached hydrogen (secondary N) is 2. The second-order valence-electron chi connectivity index (χ2n) is 5.96. The minimum atomic E-state index is -0.724. The maximum Gasteiger partial charge on any atom is 0.260 e. The minimum Gasteiger partial charge on any atom is -0.479 e. The van der Waals surface area contributed by atoms with Gasteiger partial charge in [-0.2, -0.15) is 0 Å². The third-order valence-electron chi connectivity index (χ3n) is 3.74. The molecule has 150 valence electrons. The van der Waals surface area contributed by atoms with E-state index in [1.54, 1.807) is 62.4 Å². The number of halogens is 2. The molecule has 2 N–H and O–H groups in total. The predicted molar refractivity (Wildman–Crippen MR) is 109 cm³/mol. The topological polar surface area (TPSA) is 76.7 Å². The van der Waals surface area contributed by atoms with Crippen molar-refractivity contribution in [1.29, 1.82) is 0 Å². The summed E-state index contributed by atoms with van der Waals surface area (Å²) in [5, 5.41) is 6.25. The average molecular weight is 425 g/mol. The molecule has 2 atom stereocenters. The van der Waals surface area contributed by atoms with E-state index in [9.17, 15) is 9.59 Å². The number of hydrogen-bond donors (Lipinski definition) is 2. The minimum absolute atomic E-state index is 0.250. The lowest BCUT2D eigenvalue weighted by Crippen LogP contribution is -2.43. The Balaban J connectivity index is 1.69. The van der Waals surface area contributed by atoms with Crippen LogP contribution in [-0.4, -0.2) is 37.1 Å². The van der Waals surface area contributed by atoms with Crippen LogP contribution in [0.4, 0.5) is 0 Å². The molecule has 0 saturated carbocycles. The molecule has 0 radical (unpaired) electrons. The second-order valence-corrected chi connectivity index (χ2v) is 6.78. The van der Waals surface area contributed by atoms with E-state index in [1.165, 1.54) is 0 Å². The number of amides is 2. The number of carbonyl (C=O) groups is 2. The zero-order valence-corrected chi connectivity index (χ0v) is 17.1. The summed E-state index contributed by atoms with van der Waals surface area (Å²) in [7, 11) is 0.